The van der Waals surface area contributed by atoms with Crippen molar-refractivity contribution in [3.05, 3.63) is 11.3 Å². The topological polar surface area (TPSA) is 113 Å². The Morgan fingerprint density at radius 3 is 2.59 bits per heavy atom. The molecular formula is C10H10O7. The van der Waals surface area contributed by atoms with E-state index >= 15 is 0 Å². The third kappa shape index (κ3) is 1.26. The molecule has 0 amide bonds. The molecule has 2 aliphatic rings. The molecule has 1 aliphatic carbocycles. The SMILES string of the molecule is CO[C@@H](C(=O)O)[C@]12O[C@H]1C(=O)C(O)=C(C)C2=O. The van der Waals surface area contributed by atoms with Crippen molar-refractivity contribution in [3.8, 4) is 0 Å². The molecule has 92 valence electrons. The Hall–Kier alpha value is -1.73. The maximum atomic E-state index is 11.9. The first kappa shape index (κ1) is 11.7. The fourth-order valence-corrected chi connectivity index (χ4v) is 2.07. The Morgan fingerprint density at radius 1 is 1.53 bits per heavy atom. The number of methoxy groups -OCH3 is 1. The lowest BCUT2D eigenvalue weighted by atomic mass is 9.82. The van der Waals surface area contributed by atoms with Gasteiger partial charge in [-0.15, -0.1) is 0 Å². The second kappa shape index (κ2) is 3.38. The van der Waals surface area contributed by atoms with Crippen LogP contribution in [0.1, 0.15) is 6.92 Å². The Bertz CT molecular complexity index is 463. The van der Waals surface area contributed by atoms with Gasteiger partial charge in [-0.1, -0.05) is 0 Å². The standard InChI is InChI=1S/C10H10O7/c1-3-4(11)5(12)7-10(17-7,6(3)13)8(16-2)9(14)15/h7-8,11H,1-2H3,(H,14,15)/t7-,8-,10+/m0/s1. The van der Waals surface area contributed by atoms with Crippen LogP contribution in [0.4, 0.5) is 0 Å². The summed E-state index contributed by atoms with van der Waals surface area (Å²) in [5.74, 6) is -3.59. The number of hydrogen-bond donors (Lipinski definition) is 2. The highest BCUT2D eigenvalue weighted by atomic mass is 16.7. The smallest absolute Gasteiger partial charge is 0.336 e. The first-order valence-electron chi connectivity index (χ1n) is 4.80. The van der Waals surface area contributed by atoms with Crippen molar-refractivity contribution in [2.45, 2.75) is 24.7 Å². The molecular weight excluding hydrogens is 232 g/mol. The number of rotatable bonds is 3. The van der Waals surface area contributed by atoms with Gasteiger partial charge in [0.1, 0.15) is 0 Å². The van der Waals surface area contributed by atoms with Gasteiger partial charge in [0.05, 0.1) is 0 Å². The molecule has 0 aromatic rings. The zero-order valence-electron chi connectivity index (χ0n) is 9.09. The highest BCUT2D eigenvalue weighted by Gasteiger charge is 2.75. The lowest BCUT2D eigenvalue weighted by molar-refractivity contribution is -0.156. The number of aliphatic hydroxyl groups is 1. The van der Waals surface area contributed by atoms with E-state index in [-0.39, 0.29) is 5.57 Å². The zero-order chi connectivity index (χ0) is 13.0. The number of Topliss-reactive ketones (excluding diaryl/α,β-unsaturated/α-hetero) is 2. The number of carboxylic acids is 1. The second-order valence-corrected chi connectivity index (χ2v) is 3.91. The van der Waals surface area contributed by atoms with Crippen molar-refractivity contribution >= 4 is 17.5 Å². The molecule has 1 saturated heterocycles. The largest absolute Gasteiger partial charge is 0.504 e. The molecule has 0 bridgehead atoms. The molecule has 0 unspecified atom stereocenters. The summed E-state index contributed by atoms with van der Waals surface area (Å²) < 4.78 is 9.63. The van der Waals surface area contributed by atoms with E-state index in [9.17, 15) is 19.5 Å². The van der Waals surface area contributed by atoms with E-state index in [1.807, 2.05) is 0 Å². The summed E-state index contributed by atoms with van der Waals surface area (Å²) in [6.45, 7) is 1.24. The second-order valence-electron chi connectivity index (χ2n) is 3.91. The van der Waals surface area contributed by atoms with Crippen molar-refractivity contribution in [2.75, 3.05) is 7.11 Å². The van der Waals surface area contributed by atoms with E-state index < -0.39 is 41.1 Å². The van der Waals surface area contributed by atoms with Gasteiger partial charge in [0.2, 0.25) is 17.2 Å². The van der Waals surface area contributed by atoms with Gasteiger partial charge in [0, 0.05) is 12.7 Å². The van der Waals surface area contributed by atoms with E-state index in [4.69, 9.17) is 14.6 Å². The Morgan fingerprint density at radius 2 is 2.12 bits per heavy atom. The minimum Gasteiger partial charge on any atom is -0.504 e. The van der Waals surface area contributed by atoms with E-state index in [0.717, 1.165) is 7.11 Å². The van der Waals surface area contributed by atoms with Crippen LogP contribution in [0.3, 0.4) is 0 Å². The first-order chi connectivity index (χ1) is 7.87. The molecule has 0 aromatic heterocycles. The highest BCUT2D eigenvalue weighted by molar-refractivity contribution is 6.21. The van der Waals surface area contributed by atoms with Gasteiger partial charge >= 0.3 is 5.97 Å². The van der Waals surface area contributed by atoms with Crippen molar-refractivity contribution in [1.82, 2.24) is 0 Å². The average Bonchev–Trinajstić information content (AvgIpc) is 3.01. The molecule has 0 spiro atoms. The lowest BCUT2D eigenvalue weighted by Gasteiger charge is -2.21. The normalized spacial score (nSPS) is 33.4. The summed E-state index contributed by atoms with van der Waals surface area (Å²) in [6.07, 6.45) is -2.83. The van der Waals surface area contributed by atoms with Gasteiger partial charge in [-0.2, -0.15) is 0 Å². The van der Waals surface area contributed by atoms with Crippen molar-refractivity contribution in [3.63, 3.8) is 0 Å². The maximum Gasteiger partial charge on any atom is 0.336 e. The van der Waals surface area contributed by atoms with Crippen LogP contribution in [0.25, 0.3) is 0 Å². The van der Waals surface area contributed by atoms with E-state index in [1.54, 1.807) is 0 Å². The Labute approximate surface area is 95.6 Å². The number of ketones is 2. The summed E-state index contributed by atoms with van der Waals surface area (Å²) >= 11 is 0. The number of hydrogen-bond acceptors (Lipinski definition) is 6. The molecule has 7 nitrogen and oxygen atoms in total. The third-order valence-electron chi connectivity index (χ3n) is 3.02. The van der Waals surface area contributed by atoms with E-state index in [2.05, 4.69) is 0 Å². The van der Waals surface area contributed by atoms with E-state index in [0.29, 0.717) is 0 Å². The van der Waals surface area contributed by atoms with Gasteiger partial charge in [-0.25, -0.2) is 4.79 Å². The number of aliphatic carboxylic acids is 1. The number of carboxylic acid groups (broad SMARTS) is 1. The molecule has 0 radical (unpaired) electrons. The molecule has 0 saturated carbocycles. The third-order valence-corrected chi connectivity index (χ3v) is 3.02. The van der Waals surface area contributed by atoms with E-state index in [1.165, 1.54) is 6.92 Å². The van der Waals surface area contributed by atoms with Crippen LogP contribution >= 0.6 is 0 Å². The molecule has 1 aliphatic heterocycles. The maximum absolute atomic E-state index is 11.9. The molecule has 1 fully saturated rings. The molecule has 2 rings (SSSR count). The van der Waals surface area contributed by atoms with Crippen LogP contribution in [-0.2, 0) is 23.9 Å². The number of fused-ring (bicyclic) bond motifs is 1. The predicted octanol–water partition coefficient (Wildman–Crippen LogP) is -0.793. The summed E-state index contributed by atoms with van der Waals surface area (Å²) in [7, 11) is 1.11. The number of epoxide rings is 1. The van der Waals surface area contributed by atoms with Crippen molar-refractivity contribution in [1.29, 1.82) is 0 Å². The summed E-state index contributed by atoms with van der Waals surface area (Å²) in [4.78, 5) is 34.4. The molecule has 17 heavy (non-hydrogen) atoms. The quantitative estimate of drug-likeness (QED) is 0.623. The predicted molar refractivity (Wildman–Crippen MR) is 51.4 cm³/mol. The molecule has 3 atom stereocenters. The van der Waals surface area contributed by atoms with Crippen LogP contribution in [0.2, 0.25) is 0 Å². The van der Waals surface area contributed by atoms with Gasteiger partial charge in [0.25, 0.3) is 0 Å². The number of aliphatic hydroxyl groups excluding tert-OH is 1. The van der Waals surface area contributed by atoms with Crippen LogP contribution in [0.15, 0.2) is 11.3 Å². The lowest BCUT2D eigenvalue weighted by Crippen LogP contribution is -2.50. The monoisotopic (exact) mass is 242 g/mol. The zero-order valence-corrected chi connectivity index (χ0v) is 9.09. The Kier molecular flexibility index (Phi) is 2.33. The molecule has 2 N–H and O–H groups in total. The van der Waals surface area contributed by atoms with Crippen molar-refractivity contribution in [2.24, 2.45) is 0 Å². The number of carbonyl (C=O) groups is 3. The summed E-state index contributed by atoms with van der Waals surface area (Å²) in [6, 6.07) is 0. The molecule has 1 heterocycles. The minimum absolute atomic E-state index is 0.202. The van der Waals surface area contributed by atoms with Crippen LogP contribution < -0.4 is 0 Å². The fraction of sp³-hybridized carbons (Fsp3) is 0.500. The molecule has 7 heteroatoms. The summed E-state index contributed by atoms with van der Waals surface area (Å²) in [5, 5.41) is 18.3. The number of carbonyl (C=O) groups excluding carboxylic acids is 2. The van der Waals surface area contributed by atoms with Crippen LogP contribution in [0, 0.1) is 0 Å². The van der Waals surface area contributed by atoms with Gasteiger partial charge in [-0.3, -0.25) is 9.59 Å². The summed E-state index contributed by atoms with van der Waals surface area (Å²) in [5.41, 5.74) is -2.01. The Balaban J connectivity index is 2.47. The fourth-order valence-electron chi connectivity index (χ4n) is 2.07. The highest BCUT2D eigenvalue weighted by Crippen LogP contribution is 2.48. The van der Waals surface area contributed by atoms with Gasteiger partial charge in [-0.05, 0) is 6.92 Å². The van der Waals surface area contributed by atoms with Gasteiger partial charge in [0.15, 0.2) is 18.0 Å². The van der Waals surface area contributed by atoms with Gasteiger partial charge < -0.3 is 19.7 Å². The number of ether oxygens (including phenoxy) is 2. The average molecular weight is 242 g/mol. The van der Waals surface area contributed by atoms with Crippen LogP contribution in [-0.4, -0.2) is 52.7 Å². The molecule has 0 aromatic carbocycles. The van der Waals surface area contributed by atoms with Crippen molar-refractivity contribution < 1.29 is 34.1 Å². The van der Waals surface area contributed by atoms with Crippen LogP contribution in [0.5, 0.6) is 0 Å². The first-order valence-corrected chi connectivity index (χ1v) is 4.80. The minimum atomic E-state index is -1.81.